The van der Waals surface area contributed by atoms with Gasteiger partial charge in [-0.2, -0.15) is 50.6 Å². The third kappa shape index (κ3) is 5.72. The molecule has 0 bridgehead atoms. The summed E-state index contributed by atoms with van der Waals surface area (Å²) in [5.74, 6) is 1.42. The van der Waals surface area contributed by atoms with Crippen molar-refractivity contribution in [1.29, 1.82) is 0 Å². The summed E-state index contributed by atoms with van der Waals surface area (Å²) in [7, 11) is 0. The van der Waals surface area contributed by atoms with Crippen molar-refractivity contribution in [3.63, 3.8) is 0 Å². The van der Waals surface area contributed by atoms with Gasteiger partial charge in [-0.25, -0.2) is 0 Å². The topological polar surface area (TPSA) is 0 Å². The maximum Gasteiger partial charge on any atom is 4.00 e. The third-order valence-electron chi connectivity index (χ3n) is 2.62. The average molecular weight is 384 g/mol. The molecule has 1 aliphatic rings. The van der Waals surface area contributed by atoms with Gasteiger partial charge in [0.1, 0.15) is 0 Å². The van der Waals surface area contributed by atoms with Crippen LogP contribution >= 0.6 is 0 Å². The van der Waals surface area contributed by atoms with E-state index in [1.807, 2.05) is 6.07 Å². The molecule has 0 amide bonds. The van der Waals surface area contributed by atoms with Gasteiger partial charge in [-0.15, -0.1) is 5.56 Å². The van der Waals surface area contributed by atoms with Crippen LogP contribution in [-0.2, 0) is 32.6 Å². The Morgan fingerprint density at radius 3 is 2.10 bits per heavy atom. The molecule has 0 radical (unpaired) electrons. The van der Waals surface area contributed by atoms with Crippen molar-refractivity contribution in [1.82, 2.24) is 0 Å². The summed E-state index contributed by atoms with van der Waals surface area (Å²) in [5.41, 5.74) is 5.51. The first-order valence-corrected chi connectivity index (χ1v) is 6.03. The van der Waals surface area contributed by atoms with Crippen LogP contribution in [0.5, 0.6) is 0 Å². The maximum atomic E-state index is 3.30. The Bertz CT molecular complexity index is 464. The van der Waals surface area contributed by atoms with Gasteiger partial charge in [0.05, 0.1) is 0 Å². The van der Waals surface area contributed by atoms with Crippen molar-refractivity contribution in [2.24, 2.45) is 0 Å². The second-order valence-electron chi connectivity index (χ2n) is 4.90. The van der Waals surface area contributed by atoms with Crippen molar-refractivity contribution in [3.05, 3.63) is 65.6 Å². The minimum atomic E-state index is 0. The van der Waals surface area contributed by atoms with Gasteiger partial charge in [0, 0.05) is 0 Å². The first kappa shape index (κ1) is 22.2. The van der Waals surface area contributed by atoms with Gasteiger partial charge in [0.25, 0.3) is 0 Å². The zero-order valence-corrected chi connectivity index (χ0v) is 16.0. The van der Waals surface area contributed by atoms with Gasteiger partial charge >= 0.3 is 26.2 Å². The molecule has 0 saturated carbocycles. The van der Waals surface area contributed by atoms with Crippen molar-refractivity contribution in [2.45, 2.75) is 27.2 Å². The molecule has 0 saturated heterocycles. The Kier molecular flexibility index (Phi) is 11.8. The van der Waals surface area contributed by atoms with Gasteiger partial charge in [-0.1, -0.05) is 35.4 Å². The Morgan fingerprint density at radius 1 is 0.900 bits per heavy atom. The van der Waals surface area contributed by atoms with Gasteiger partial charge in [-0.3, -0.25) is 0 Å². The molecule has 20 heavy (non-hydrogen) atoms. The van der Waals surface area contributed by atoms with Crippen LogP contribution in [0, 0.1) is 12.0 Å². The first-order chi connectivity index (χ1) is 8.18. The monoisotopic (exact) mass is 382 g/mol. The van der Waals surface area contributed by atoms with Crippen LogP contribution in [0.4, 0.5) is 0 Å². The minimum Gasteiger partial charge on any atom is -1.00 e. The molecule has 0 aromatic heterocycles. The molecule has 0 nitrogen and oxygen atoms in total. The van der Waals surface area contributed by atoms with Crippen LogP contribution < -0.4 is 24.8 Å². The van der Waals surface area contributed by atoms with E-state index in [2.05, 4.69) is 63.2 Å². The van der Waals surface area contributed by atoms with E-state index >= 15 is 0 Å². The van der Waals surface area contributed by atoms with E-state index in [9.17, 15) is 0 Å². The molecule has 0 N–H and O–H groups in total. The van der Waals surface area contributed by atoms with E-state index in [0.29, 0.717) is 0 Å². The van der Waals surface area contributed by atoms with E-state index in [0.717, 1.165) is 6.42 Å². The molecule has 3 heteroatoms. The Labute approximate surface area is 154 Å². The number of fused-ring (bicyclic) bond motifs is 3. The predicted octanol–water partition coefficient (Wildman–Crippen LogP) is -1.32. The maximum absolute atomic E-state index is 3.30. The SMILES string of the molecule is C[C-](C)C.[Cl-].[Cl-].[Zr+4].[c-]1cccc2c1Cc1ccccc1-2. The Balaban J connectivity index is 0. The Hall–Kier alpha value is -0.0969. The molecule has 2 aromatic carbocycles. The molecule has 0 aliphatic heterocycles. The van der Waals surface area contributed by atoms with E-state index in [4.69, 9.17) is 0 Å². The fraction of sp³-hybridized carbons (Fsp3) is 0.235. The largest absolute Gasteiger partial charge is 4.00 e. The molecule has 0 spiro atoms. The third-order valence-corrected chi connectivity index (χ3v) is 2.62. The van der Waals surface area contributed by atoms with Crippen LogP contribution in [0.3, 0.4) is 0 Å². The normalized spacial score (nSPS) is 9.80. The number of hydrogen-bond donors (Lipinski definition) is 0. The van der Waals surface area contributed by atoms with Gasteiger partial charge in [0.2, 0.25) is 0 Å². The average Bonchev–Trinajstić information content (AvgIpc) is 2.66. The van der Waals surface area contributed by atoms with Crippen LogP contribution in [0.25, 0.3) is 11.1 Å². The van der Waals surface area contributed by atoms with E-state index < -0.39 is 0 Å². The van der Waals surface area contributed by atoms with E-state index in [1.165, 1.54) is 28.2 Å². The van der Waals surface area contributed by atoms with Crippen LogP contribution in [0.2, 0.25) is 0 Å². The second-order valence-corrected chi connectivity index (χ2v) is 4.90. The zero-order chi connectivity index (χ0) is 12.3. The first-order valence-electron chi connectivity index (χ1n) is 6.03. The van der Waals surface area contributed by atoms with Crippen molar-refractivity contribution < 1.29 is 51.0 Å². The summed E-state index contributed by atoms with van der Waals surface area (Å²) in [5, 5.41) is 0. The van der Waals surface area contributed by atoms with Gasteiger partial charge in [0.15, 0.2) is 0 Å². The van der Waals surface area contributed by atoms with Crippen LogP contribution in [0.15, 0.2) is 42.5 Å². The number of benzene rings is 2. The van der Waals surface area contributed by atoms with Gasteiger partial charge < -0.3 is 30.7 Å². The van der Waals surface area contributed by atoms with Crippen molar-refractivity contribution in [3.8, 4) is 11.1 Å². The smallest absolute Gasteiger partial charge is 1.00 e. The molecule has 0 atom stereocenters. The molecule has 3 rings (SSSR count). The molecule has 0 unspecified atom stereocenters. The molecule has 2 aromatic rings. The van der Waals surface area contributed by atoms with Crippen LogP contribution in [0.1, 0.15) is 31.9 Å². The summed E-state index contributed by atoms with van der Waals surface area (Å²) in [6, 6.07) is 18.1. The van der Waals surface area contributed by atoms with Crippen LogP contribution in [-0.4, -0.2) is 0 Å². The van der Waals surface area contributed by atoms with E-state index in [1.54, 1.807) is 0 Å². The fourth-order valence-electron chi connectivity index (χ4n) is 2.00. The summed E-state index contributed by atoms with van der Waals surface area (Å²) >= 11 is 0. The molecule has 0 fully saturated rings. The summed E-state index contributed by atoms with van der Waals surface area (Å²) < 4.78 is 0. The summed E-state index contributed by atoms with van der Waals surface area (Å²) in [6.07, 6.45) is 1.05. The summed E-state index contributed by atoms with van der Waals surface area (Å²) in [4.78, 5) is 0. The van der Waals surface area contributed by atoms with E-state index in [-0.39, 0.29) is 51.0 Å². The number of halogens is 2. The summed E-state index contributed by atoms with van der Waals surface area (Å²) in [6.45, 7) is 6.25. The van der Waals surface area contributed by atoms with Crippen molar-refractivity contribution in [2.75, 3.05) is 0 Å². The fourth-order valence-corrected chi connectivity index (χ4v) is 2.00. The molecule has 0 heterocycles. The predicted molar refractivity (Wildman–Crippen MR) is 73.8 cm³/mol. The molecular formula is C17H18Cl2Zr. The standard InChI is InChI=1S/C13H9.C4H9.2ClH.Zr/c1-3-7-12-10(5-1)9-11-6-2-4-8-13(11)12;1-4(2)3;;;/h1-5,7-8H,9H2;1-3H3;2*1H;/q2*-1;;;+4/p-2. The number of hydrogen-bond acceptors (Lipinski definition) is 0. The number of rotatable bonds is 0. The molecule has 104 valence electrons. The Morgan fingerprint density at radius 2 is 1.45 bits per heavy atom. The quantitative estimate of drug-likeness (QED) is 0.422. The molecule has 1 aliphatic carbocycles. The minimum absolute atomic E-state index is 0. The second kappa shape index (κ2) is 10.6. The van der Waals surface area contributed by atoms with Gasteiger partial charge in [-0.05, 0) is 6.42 Å². The zero-order valence-electron chi connectivity index (χ0n) is 12.0. The molecular weight excluding hydrogens is 366 g/mol. The van der Waals surface area contributed by atoms with Crippen molar-refractivity contribution >= 4 is 0 Å².